The Morgan fingerprint density at radius 3 is 1.40 bits per heavy atom. The van der Waals surface area contributed by atoms with Crippen LogP contribution in [-0.2, 0) is 21.1 Å². The minimum atomic E-state index is 0. The summed E-state index contributed by atoms with van der Waals surface area (Å²) in [6, 6.07) is 0.333. The topological polar surface area (TPSA) is 26.0 Å². The fourth-order valence-corrected chi connectivity index (χ4v) is 0. The van der Waals surface area contributed by atoms with Crippen LogP contribution in [0.3, 0.4) is 0 Å². The van der Waals surface area contributed by atoms with Crippen molar-refractivity contribution in [2.24, 2.45) is 5.73 Å². The maximum absolute atomic E-state index is 5.11. The van der Waals surface area contributed by atoms with Gasteiger partial charge in [0.05, 0.1) is 0 Å². The summed E-state index contributed by atoms with van der Waals surface area (Å²) >= 11 is 0. The number of rotatable bonds is 0. The molecule has 0 aliphatic heterocycles. The molecule has 0 amide bonds. The van der Waals surface area contributed by atoms with Gasteiger partial charge in [0, 0.05) is 0 Å². The van der Waals surface area contributed by atoms with Crippen LogP contribution in [0.15, 0.2) is 0 Å². The molecule has 0 saturated carbocycles. The van der Waals surface area contributed by atoms with Crippen molar-refractivity contribution in [3.8, 4) is 0 Å². The van der Waals surface area contributed by atoms with E-state index in [9.17, 15) is 0 Å². The van der Waals surface area contributed by atoms with Crippen LogP contribution in [-0.4, -0.2) is 6.04 Å². The van der Waals surface area contributed by atoms with E-state index in [2.05, 4.69) is 0 Å². The Balaban J connectivity index is 0. The molecule has 0 aliphatic rings. The van der Waals surface area contributed by atoms with Gasteiger partial charge in [0.25, 0.3) is 0 Å². The SMILES string of the molecule is CC(C)N.[Pt+2]. The molecule has 0 unspecified atom stereocenters. The van der Waals surface area contributed by atoms with Gasteiger partial charge >= 0.3 is 21.1 Å². The van der Waals surface area contributed by atoms with Crippen LogP contribution in [0.5, 0.6) is 0 Å². The molecule has 2 N–H and O–H groups in total. The zero-order valence-electron chi connectivity index (χ0n) is 3.47. The minimum Gasteiger partial charge on any atom is -0.328 e. The molecule has 0 fully saturated rings. The van der Waals surface area contributed by atoms with Gasteiger partial charge in [-0.05, 0) is 6.04 Å². The van der Waals surface area contributed by atoms with E-state index in [1.165, 1.54) is 0 Å². The van der Waals surface area contributed by atoms with E-state index in [-0.39, 0.29) is 21.1 Å². The van der Waals surface area contributed by atoms with Gasteiger partial charge in [-0.15, -0.1) is 0 Å². The van der Waals surface area contributed by atoms with Crippen molar-refractivity contribution in [2.75, 3.05) is 0 Å². The molecule has 0 aliphatic carbocycles. The molecule has 1 nitrogen and oxygen atoms in total. The number of nitrogens with two attached hydrogens (primary N) is 1. The van der Waals surface area contributed by atoms with Gasteiger partial charge in [-0.2, -0.15) is 0 Å². The molecule has 0 heterocycles. The van der Waals surface area contributed by atoms with E-state index in [1.807, 2.05) is 13.8 Å². The largest absolute Gasteiger partial charge is 2.00 e. The molecule has 0 atom stereocenters. The third kappa shape index (κ3) is 77.6. The first-order valence-electron chi connectivity index (χ1n) is 1.49. The van der Waals surface area contributed by atoms with Gasteiger partial charge < -0.3 is 5.73 Å². The van der Waals surface area contributed by atoms with Gasteiger partial charge in [-0.1, -0.05) is 13.8 Å². The molecular formula is C3H9NPt+2. The summed E-state index contributed by atoms with van der Waals surface area (Å²) in [5.74, 6) is 0. The molecule has 0 spiro atoms. The van der Waals surface area contributed by atoms with E-state index >= 15 is 0 Å². The van der Waals surface area contributed by atoms with Crippen molar-refractivity contribution in [2.45, 2.75) is 19.9 Å². The summed E-state index contributed by atoms with van der Waals surface area (Å²) in [4.78, 5) is 0. The summed E-state index contributed by atoms with van der Waals surface area (Å²) in [5.41, 5.74) is 5.11. The van der Waals surface area contributed by atoms with E-state index in [1.54, 1.807) is 0 Å². The molecule has 0 aromatic heterocycles. The van der Waals surface area contributed by atoms with E-state index < -0.39 is 0 Å². The van der Waals surface area contributed by atoms with Crippen LogP contribution in [0.4, 0.5) is 0 Å². The predicted octanol–water partition coefficient (Wildman–Crippen LogP) is 0.351. The Hall–Kier alpha value is 0.648. The first-order chi connectivity index (χ1) is 1.73. The Kier molecular flexibility index (Phi) is 8.52. The number of hydrogen-bond acceptors (Lipinski definition) is 1. The maximum Gasteiger partial charge on any atom is 2.00 e. The van der Waals surface area contributed by atoms with E-state index in [0.29, 0.717) is 6.04 Å². The average molecular weight is 254 g/mol. The first-order valence-corrected chi connectivity index (χ1v) is 1.49. The number of hydrogen-bond donors (Lipinski definition) is 1. The monoisotopic (exact) mass is 254 g/mol. The Morgan fingerprint density at radius 2 is 1.40 bits per heavy atom. The Labute approximate surface area is 47.2 Å². The van der Waals surface area contributed by atoms with E-state index in [0.717, 1.165) is 0 Å². The summed E-state index contributed by atoms with van der Waals surface area (Å²) in [7, 11) is 0. The van der Waals surface area contributed by atoms with Gasteiger partial charge in [-0.3, -0.25) is 0 Å². The van der Waals surface area contributed by atoms with Crippen molar-refractivity contribution >= 4 is 0 Å². The minimum absolute atomic E-state index is 0. The van der Waals surface area contributed by atoms with Crippen LogP contribution in [0, 0.1) is 0 Å². The summed E-state index contributed by atoms with van der Waals surface area (Å²) in [6.45, 7) is 3.89. The third-order valence-corrected chi connectivity index (χ3v) is 0. The van der Waals surface area contributed by atoms with Gasteiger partial charge in [0.15, 0.2) is 0 Å². The molecular weight excluding hydrogens is 245 g/mol. The standard InChI is InChI=1S/C3H9N.Pt/c1-3(2)4;/h3H,4H2,1-2H3;/q;+2. The van der Waals surface area contributed by atoms with E-state index in [4.69, 9.17) is 5.73 Å². The van der Waals surface area contributed by atoms with Crippen LogP contribution in [0.2, 0.25) is 0 Å². The Bertz CT molecular complexity index is 11.6. The van der Waals surface area contributed by atoms with Crippen molar-refractivity contribution < 1.29 is 21.1 Å². The van der Waals surface area contributed by atoms with Crippen molar-refractivity contribution in [1.29, 1.82) is 0 Å². The maximum atomic E-state index is 5.11. The molecule has 0 aromatic carbocycles. The average Bonchev–Trinajstić information content (AvgIpc) is 0.811. The van der Waals surface area contributed by atoms with Crippen LogP contribution < -0.4 is 5.73 Å². The second kappa shape index (κ2) is 4.65. The van der Waals surface area contributed by atoms with Crippen LogP contribution >= 0.6 is 0 Å². The molecule has 0 aromatic rings. The van der Waals surface area contributed by atoms with Gasteiger partial charge in [0.1, 0.15) is 0 Å². The predicted molar refractivity (Wildman–Crippen MR) is 19.3 cm³/mol. The fourth-order valence-electron chi connectivity index (χ4n) is 0. The summed E-state index contributed by atoms with van der Waals surface area (Å²) in [6.07, 6.45) is 0. The summed E-state index contributed by atoms with van der Waals surface area (Å²) in [5, 5.41) is 0. The molecule has 2 heteroatoms. The van der Waals surface area contributed by atoms with Crippen molar-refractivity contribution in [1.82, 2.24) is 0 Å². The zero-order chi connectivity index (χ0) is 3.58. The van der Waals surface area contributed by atoms with Crippen molar-refractivity contribution in [3.05, 3.63) is 0 Å². The van der Waals surface area contributed by atoms with Gasteiger partial charge in [0.2, 0.25) is 0 Å². The van der Waals surface area contributed by atoms with Crippen molar-refractivity contribution in [3.63, 3.8) is 0 Å². The molecule has 0 saturated heterocycles. The fraction of sp³-hybridized carbons (Fsp3) is 1.00. The Morgan fingerprint density at radius 1 is 1.40 bits per heavy atom. The molecule has 0 bridgehead atoms. The third-order valence-electron chi connectivity index (χ3n) is 0. The normalized spacial score (nSPS) is 7.20. The quantitative estimate of drug-likeness (QED) is 0.663. The smallest absolute Gasteiger partial charge is 0.328 e. The van der Waals surface area contributed by atoms with Gasteiger partial charge in [-0.25, -0.2) is 0 Å². The second-order valence-corrected chi connectivity index (χ2v) is 1.24. The molecule has 0 radical (unpaired) electrons. The molecule has 34 valence electrons. The van der Waals surface area contributed by atoms with Crippen LogP contribution in [0.1, 0.15) is 13.8 Å². The summed E-state index contributed by atoms with van der Waals surface area (Å²) < 4.78 is 0. The first kappa shape index (κ1) is 9.17. The zero-order valence-corrected chi connectivity index (χ0v) is 5.74. The molecule has 5 heavy (non-hydrogen) atoms. The second-order valence-electron chi connectivity index (χ2n) is 1.24. The van der Waals surface area contributed by atoms with Crippen LogP contribution in [0.25, 0.3) is 0 Å². The molecule has 0 rings (SSSR count).